The van der Waals surface area contributed by atoms with Crippen molar-refractivity contribution in [2.75, 3.05) is 12.3 Å². The molecule has 3 rings (SSSR count). The number of aryl methyl sites for hydroxylation is 1. The van der Waals surface area contributed by atoms with Crippen LogP contribution in [-0.2, 0) is 4.79 Å². The van der Waals surface area contributed by atoms with Gasteiger partial charge in [-0.15, -0.1) is 11.8 Å². The molecule has 0 radical (unpaired) electrons. The number of carbonyl (C=O) groups is 1. The van der Waals surface area contributed by atoms with E-state index in [9.17, 15) is 4.79 Å². The Balaban J connectivity index is 1.62. The predicted molar refractivity (Wildman–Crippen MR) is 92.0 cm³/mol. The van der Waals surface area contributed by atoms with Crippen molar-refractivity contribution < 1.29 is 4.79 Å². The standard InChI is InChI=1S/C19H21NOS/c1-15-9-11-17(12-10-15)22-14-19(21)20-13-5-8-18(20)16-6-3-2-4-7-16/h2-4,6-7,9-12,18H,5,8,13-14H2,1H3/t18-/m1/s1. The first kappa shape index (κ1) is 15.2. The number of hydrogen-bond donors (Lipinski definition) is 0. The summed E-state index contributed by atoms with van der Waals surface area (Å²) in [6.45, 7) is 2.96. The van der Waals surface area contributed by atoms with Gasteiger partial charge in [0.15, 0.2) is 0 Å². The lowest BCUT2D eigenvalue weighted by molar-refractivity contribution is -0.129. The Hall–Kier alpha value is -1.74. The van der Waals surface area contributed by atoms with Crippen LogP contribution in [0.2, 0.25) is 0 Å². The van der Waals surface area contributed by atoms with Crippen LogP contribution in [-0.4, -0.2) is 23.1 Å². The summed E-state index contributed by atoms with van der Waals surface area (Å²) in [5.74, 6) is 0.767. The van der Waals surface area contributed by atoms with Gasteiger partial charge in [-0.3, -0.25) is 4.79 Å². The molecule has 0 spiro atoms. The molecule has 0 N–H and O–H groups in total. The summed E-state index contributed by atoms with van der Waals surface area (Å²) in [5, 5.41) is 0. The molecule has 0 saturated carbocycles. The number of carbonyl (C=O) groups excluding carboxylic acids is 1. The van der Waals surface area contributed by atoms with E-state index in [-0.39, 0.29) is 11.9 Å². The Morgan fingerprint density at radius 2 is 1.86 bits per heavy atom. The second kappa shape index (κ2) is 7.01. The lowest BCUT2D eigenvalue weighted by Crippen LogP contribution is -2.31. The topological polar surface area (TPSA) is 20.3 Å². The highest BCUT2D eigenvalue weighted by Gasteiger charge is 2.29. The van der Waals surface area contributed by atoms with Crippen LogP contribution < -0.4 is 0 Å². The van der Waals surface area contributed by atoms with Gasteiger partial charge in [-0.25, -0.2) is 0 Å². The minimum Gasteiger partial charge on any atom is -0.335 e. The molecule has 0 bridgehead atoms. The van der Waals surface area contributed by atoms with Crippen LogP contribution in [0.3, 0.4) is 0 Å². The molecule has 2 aromatic carbocycles. The molecule has 1 saturated heterocycles. The van der Waals surface area contributed by atoms with E-state index < -0.39 is 0 Å². The van der Waals surface area contributed by atoms with Gasteiger partial charge in [0.2, 0.25) is 5.91 Å². The van der Waals surface area contributed by atoms with Crippen LogP contribution in [0, 0.1) is 6.92 Å². The first-order valence-electron chi connectivity index (χ1n) is 7.78. The molecule has 22 heavy (non-hydrogen) atoms. The zero-order valence-electron chi connectivity index (χ0n) is 12.9. The molecule has 0 aliphatic carbocycles. The van der Waals surface area contributed by atoms with Crippen LogP contribution in [0.4, 0.5) is 0 Å². The maximum Gasteiger partial charge on any atom is 0.233 e. The molecular weight excluding hydrogens is 290 g/mol. The summed E-state index contributed by atoms with van der Waals surface area (Å²) in [4.78, 5) is 15.8. The van der Waals surface area contributed by atoms with E-state index in [4.69, 9.17) is 0 Å². The molecule has 1 atom stereocenters. The third kappa shape index (κ3) is 3.53. The van der Waals surface area contributed by atoms with Crippen molar-refractivity contribution >= 4 is 17.7 Å². The molecule has 1 amide bonds. The Morgan fingerprint density at radius 1 is 1.14 bits per heavy atom. The number of thioether (sulfide) groups is 1. The number of likely N-dealkylation sites (tertiary alicyclic amines) is 1. The number of nitrogens with zero attached hydrogens (tertiary/aromatic N) is 1. The summed E-state index contributed by atoms with van der Waals surface area (Å²) in [6.07, 6.45) is 2.17. The summed E-state index contributed by atoms with van der Waals surface area (Å²) >= 11 is 1.63. The molecule has 1 heterocycles. The highest BCUT2D eigenvalue weighted by molar-refractivity contribution is 8.00. The summed E-state index contributed by atoms with van der Waals surface area (Å²) < 4.78 is 0. The van der Waals surface area contributed by atoms with Crippen LogP contribution in [0.5, 0.6) is 0 Å². The highest BCUT2D eigenvalue weighted by Crippen LogP contribution is 2.32. The average Bonchev–Trinajstić information content (AvgIpc) is 3.04. The third-order valence-electron chi connectivity index (χ3n) is 4.14. The van der Waals surface area contributed by atoms with Gasteiger partial charge in [-0.2, -0.15) is 0 Å². The normalized spacial score (nSPS) is 17.7. The monoisotopic (exact) mass is 311 g/mol. The highest BCUT2D eigenvalue weighted by atomic mass is 32.2. The lowest BCUT2D eigenvalue weighted by atomic mass is 10.0. The van der Waals surface area contributed by atoms with Crippen LogP contribution in [0.1, 0.15) is 30.0 Å². The molecular formula is C19H21NOS. The van der Waals surface area contributed by atoms with Gasteiger partial charge in [0.05, 0.1) is 11.8 Å². The summed E-state index contributed by atoms with van der Waals surface area (Å²) in [6, 6.07) is 19.0. The molecule has 0 aromatic heterocycles. The Kier molecular flexibility index (Phi) is 4.84. The smallest absolute Gasteiger partial charge is 0.233 e. The molecule has 1 fully saturated rings. The maximum absolute atomic E-state index is 12.6. The molecule has 0 unspecified atom stereocenters. The third-order valence-corrected chi connectivity index (χ3v) is 5.14. The average molecular weight is 311 g/mol. The van der Waals surface area contributed by atoms with Gasteiger partial charge < -0.3 is 4.90 Å². The van der Waals surface area contributed by atoms with Gasteiger partial charge in [0, 0.05) is 11.4 Å². The van der Waals surface area contributed by atoms with E-state index in [1.54, 1.807) is 11.8 Å². The van der Waals surface area contributed by atoms with Gasteiger partial charge in [0.1, 0.15) is 0 Å². The second-order valence-electron chi connectivity index (χ2n) is 5.76. The molecule has 3 heteroatoms. The van der Waals surface area contributed by atoms with Crippen molar-refractivity contribution in [1.82, 2.24) is 4.90 Å². The number of rotatable bonds is 4. The van der Waals surface area contributed by atoms with E-state index >= 15 is 0 Å². The minimum absolute atomic E-state index is 0.247. The molecule has 1 aliphatic heterocycles. The molecule has 1 aliphatic rings. The van der Waals surface area contributed by atoms with E-state index in [2.05, 4.69) is 60.4 Å². The van der Waals surface area contributed by atoms with Crippen LogP contribution >= 0.6 is 11.8 Å². The van der Waals surface area contributed by atoms with Crippen LogP contribution in [0.15, 0.2) is 59.5 Å². The number of benzene rings is 2. The maximum atomic E-state index is 12.6. The first-order chi connectivity index (χ1) is 10.7. The lowest BCUT2D eigenvalue weighted by Gasteiger charge is -2.25. The van der Waals surface area contributed by atoms with Crippen molar-refractivity contribution in [2.24, 2.45) is 0 Å². The quantitative estimate of drug-likeness (QED) is 0.777. The number of amides is 1. The Bertz CT molecular complexity index is 624. The van der Waals surface area contributed by atoms with E-state index in [1.165, 1.54) is 11.1 Å². The minimum atomic E-state index is 0.247. The van der Waals surface area contributed by atoms with Crippen molar-refractivity contribution in [3.8, 4) is 0 Å². The summed E-state index contributed by atoms with van der Waals surface area (Å²) in [5.41, 5.74) is 2.51. The summed E-state index contributed by atoms with van der Waals surface area (Å²) in [7, 11) is 0. The van der Waals surface area contributed by atoms with Gasteiger partial charge in [0.25, 0.3) is 0 Å². The fourth-order valence-electron chi connectivity index (χ4n) is 2.95. The molecule has 114 valence electrons. The Labute approximate surface area is 136 Å². The second-order valence-corrected chi connectivity index (χ2v) is 6.81. The molecule has 2 aromatic rings. The van der Waals surface area contributed by atoms with Gasteiger partial charge >= 0.3 is 0 Å². The fraction of sp³-hybridized carbons (Fsp3) is 0.316. The van der Waals surface area contributed by atoms with Crippen molar-refractivity contribution in [3.05, 3.63) is 65.7 Å². The van der Waals surface area contributed by atoms with E-state index in [0.29, 0.717) is 5.75 Å². The van der Waals surface area contributed by atoms with Crippen molar-refractivity contribution in [1.29, 1.82) is 0 Å². The zero-order chi connectivity index (χ0) is 15.4. The number of hydrogen-bond acceptors (Lipinski definition) is 2. The first-order valence-corrected chi connectivity index (χ1v) is 8.76. The van der Waals surface area contributed by atoms with Crippen LogP contribution in [0.25, 0.3) is 0 Å². The SMILES string of the molecule is Cc1ccc(SCC(=O)N2CCC[C@@H]2c2ccccc2)cc1. The zero-order valence-corrected chi connectivity index (χ0v) is 13.7. The van der Waals surface area contributed by atoms with E-state index in [1.807, 2.05) is 6.07 Å². The van der Waals surface area contributed by atoms with Gasteiger partial charge in [-0.05, 0) is 37.5 Å². The fourth-order valence-corrected chi connectivity index (χ4v) is 3.73. The van der Waals surface area contributed by atoms with Gasteiger partial charge in [-0.1, -0.05) is 48.0 Å². The van der Waals surface area contributed by atoms with Crippen molar-refractivity contribution in [3.63, 3.8) is 0 Å². The predicted octanol–water partition coefficient (Wildman–Crippen LogP) is 4.45. The van der Waals surface area contributed by atoms with Crippen molar-refractivity contribution in [2.45, 2.75) is 30.7 Å². The Morgan fingerprint density at radius 3 is 2.59 bits per heavy atom. The van der Waals surface area contributed by atoms with E-state index in [0.717, 1.165) is 24.3 Å². The largest absolute Gasteiger partial charge is 0.335 e. The molecule has 2 nitrogen and oxygen atoms in total.